The minimum Gasteiger partial charge on any atom is -1.00 e. The van der Waals surface area contributed by atoms with Gasteiger partial charge in [0.25, 0.3) is 6.33 Å². The highest BCUT2D eigenvalue weighted by atomic mass is 35.5. The lowest BCUT2D eigenvalue weighted by atomic mass is 10.2. The number of anilines is 2. The Labute approximate surface area is 172 Å². The van der Waals surface area contributed by atoms with Crippen LogP contribution < -0.4 is 26.9 Å². The Bertz CT molecular complexity index is 848. The number of nitrogens with zero attached hydrogens (tertiary/aromatic N) is 6. The normalized spacial score (nSPS) is 11.0. The van der Waals surface area contributed by atoms with E-state index >= 15 is 0 Å². The summed E-state index contributed by atoms with van der Waals surface area (Å²) in [6.45, 7) is 0. The summed E-state index contributed by atoms with van der Waals surface area (Å²) in [4.78, 5) is 4.14. The standard InChI is InChI=1S/C21H25N6.ClH/c1-24(2)20-9-5-18(6-10-20)15-22-26-13-14-27(17-26)23-16-19-7-11-21(12-8-19)25(3)4;/h5-17H,1-4H3;1H/q+1;/p-1/b22-15+,23-16+;. The number of hydrogen-bond acceptors (Lipinski definition) is 4. The molecule has 0 bridgehead atoms. The highest BCUT2D eigenvalue weighted by molar-refractivity contribution is 5.80. The van der Waals surface area contributed by atoms with E-state index in [1.54, 1.807) is 9.35 Å². The van der Waals surface area contributed by atoms with Gasteiger partial charge in [-0.2, -0.15) is 0 Å². The Morgan fingerprint density at radius 3 is 1.79 bits per heavy atom. The zero-order chi connectivity index (χ0) is 19.2. The fourth-order valence-corrected chi connectivity index (χ4v) is 2.46. The van der Waals surface area contributed by atoms with Gasteiger partial charge in [-0.05, 0) is 35.4 Å². The summed E-state index contributed by atoms with van der Waals surface area (Å²) in [7, 11) is 8.11. The van der Waals surface area contributed by atoms with Gasteiger partial charge in [-0.25, -0.2) is 0 Å². The van der Waals surface area contributed by atoms with Crippen molar-refractivity contribution < 1.29 is 17.1 Å². The molecule has 0 aliphatic heterocycles. The molecule has 2 aromatic carbocycles. The molecule has 3 rings (SSSR count). The lowest BCUT2D eigenvalue weighted by Gasteiger charge is -2.11. The SMILES string of the molecule is CN(C)c1ccc(/C=N/n2cc[n+](/N=C/c3ccc(N(C)C)cc3)c2)cc1.[Cl-]. The summed E-state index contributed by atoms with van der Waals surface area (Å²) in [5, 5.41) is 8.87. The van der Waals surface area contributed by atoms with E-state index in [1.807, 2.05) is 83.6 Å². The van der Waals surface area contributed by atoms with E-state index in [0.717, 1.165) is 11.1 Å². The van der Waals surface area contributed by atoms with Crippen molar-refractivity contribution in [3.63, 3.8) is 0 Å². The van der Waals surface area contributed by atoms with Crippen molar-refractivity contribution in [3.8, 4) is 0 Å². The van der Waals surface area contributed by atoms with E-state index in [0.29, 0.717) is 0 Å². The minimum atomic E-state index is 0. The lowest BCUT2D eigenvalue weighted by molar-refractivity contribution is -0.677. The molecule has 0 fully saturated rings. The number of rotatable bonds is 6. The Morgan fingerprint density at radius 2 is 1.29 bits per heavy atom. The van der Waals surface area contributed by atoms with Crippen molar-refractivity contribution >= 4 is 23.8 Å². The molecular formula is C21H25ClN6. The van der Waals surface area contributed by atoms with Crippen LogP contribution in [-0.2, 0) is 0 Å². The molecule has 0 radical (unpaired) electrons. The smallest absolute Gasteiger partial charge is 0.295 e. The first kappa shape index (κ1) is 21.2. The van der Waals surface area contributed by atoms with Gasteiger partial charge in [0.05, 0.1) is 12.4 Å². The number of halogens is 1. The van der Waals surface area contributed by atoms with Crippen molar-refractivity contribution in [2.24, 2.45) is 10.2 Å². The zero-order valence-electron chi connectivity index (χ0n) is 16.6. The molecule has 1 aromatic heterocycles. The molecule has 0 aliphatic rings. The fraction of sp³-hybridized carbons (Fsp3) is 0.190. The molecule has 0 unspecified atom stereocenters. The maximum atomic E-state index is 4.44. The summed E-state index contributed by atoms with van der Waals surface area (Å²) < 4.78 is 3.46. The lowest BCUT2D eigenvalue weighted by Crippen LogP contribution is -3.00. The van der Waals surface area contributed by atoms with E-state index in [2.05, 4.69) is 44.3 Å². The number of hydrogen-bond donors (Lipinski definition) is 0. The molecule has 7 heteroatoms. The van der Waals surface area contributed by atoms with Gasteiger partial charge in [0.15, 0.2) is 12.4 Å². The van der Waals surface area contributed by atoms with Crippen molar-refractivity contribution in [2.45, 2.75) is 0 Å². The van der Waals surface area contributed by atoms with E-state index < -0.39 is 0 Å². The van der Waals surface area contributed by atoms with Gasteiger partial charge in [-0.3, -0.25) is 0 Å². The molecule has 0 amide bonds. The van der Waals surface area contributed by atoms with Crippen LogP contribution in [0.3, 0.4) is 0 Å². The predicted molar refractivity (Wildman–Crippen MR) is 112 cm³/mol. The number of aromatic nitrogens is 2. The van der Waals surface area contributed by atoms with Gasteiger partial charge in [0, 0.05) is 39.6 Å². The van der Waals surface area contributed by atoms with Crippen molar-refractivity contribution in [3.05, 3.63) is 78.4 Å². The van der Waals surface area contributed by atoms with Crippen LogP contribution >= 0.6 is 0 Å². The molecule has 0 aliphatic carbocycles. The highest BCUT2D eigenvalue weighted by Gasteiger charge is 2.01. The molecule has 0 saturated heterocycles. The number of imidazole rings is 1. The molecule has 3 aromatic rings. The Morgan fingerprint density at radius 1 is 0.786 bits per heavy atom. The average molecular weight is 397 g/mol. The van der Waals surface area contributed by atoms with Crippen LogP contribution in [0.25, 0.3) is 0 Å². The first-order chi connectivity index (χ1) is 13.0. The van der Waals surface area contributed by atoms with E-state index in [4.69, 9.17) is 0 Å². The van der Waals surface area contributed by atoms with Crippen LogP contribution in [0.5, 0.6) is 0 Å². The number of benzene rings is 2. The molecule has 1 heterocycles. The maximum Gasteiger partial charge on any atom is 0.295 e. The third-order valence-electron chi connectivity index (χ3n) is 4.11. The second-order valence-electron chi connectivity index (χ2n) is 6.63. The summed E-state index contributed by atoms with van der Waals surface area (Å²) >= 11 is 0. The summed E-state index contributed by atoms with van der Waals surface area (Å²) in [5.74, 6) is 0. The largest absolute Gasteiger partial charge is 1.00 e. The summed E-state index contributed by atoms with van der Waals surface area (Å²) in [6, 6.07) is 16.5. The van der Waals surface area contributed by atoms with Gasteiger partial charge in [0.2, 0.25) is 0 Å². The van der Waals surface area contributed by atoms with E-state index in [1.165, 1.54) is 11.4 Å². The first-order valence-electron chi connectivity index (χ1n) is 8.74. The monoisotopic (exact) mass is 396 g/mol. The molecule has 0 spiro atoms. The van der Waals surface area contributed by atoms with Crippen LogP contribution in [0.1, 0.15) is 11.1 Å². The summed E-state index contributed by atoms with van der Waals surface area (Å²) in [5.41, 5.74) is 4.42. The fourth-order valence-electron chi connectivity index (χ4n) is 2.46. The van der Waals surface area contributed by atoms with Gasteiger partial charge in [0.1, 0.15) is 0 Å². The second kappa shape index (κ2) is 9.71. The van der Waals surface area contributed by atoms with Gasteiger partial charge in [-0.15, -0.1) is 9.35 Å². The third-order valence-corrected chi connectivity index (χ3v) is 4.11. The van der Waals surface area contributed by atoms with Crippen molar-refractivity contribution in [1.29, 1.82) is 0 Å². The van der Waals surface area contributed by atoms with Crippen molar-refractivity contribution in [1.82, 2.24) is 4.68 Å². The molecule has 0 N–H and O–H groups in total. The molecule has 0 atom stereocenters. The van der Waals surface area contributed by atoms with Gasteiger partial charge in [-0.1, -0.05) is 34.5 Å². The van der Waals surface area contributed by atoms with Gasteiger partial charge < -0.3 is 22.2 Å². The van der Waals surface area contributed by atoms with Crippen LogP contribution in [0.15, 0.2) is 77.5 Å². The van der Waals surface area contributed by atoms with E-state index in [9.17, 15) is 0 Å². The average Bonchev–Trinajstić information content (AvgIpc) is 3.13. The first-order valence-corrected chi connectivity index (χ1v) is 8.74. The summed E-state index contributed by atoms with van der Waals surface area (Å²) in [6.07, 6.45) is 9.19. The van der Waals surface area contributed by atoms with E-state index in [-0.39, 0.29) is 12.4 Å². The van der Waals surface area contributed by atoms with Crippen molar-refractivity contribution in [2.75, 3.05) is 38.0 Å². The molecule has 146 valence electrons. The van der Waals surface area contributed by atoms with Crippen LogP contribution in [-0.4, -0.2) is 45.3 Å². The molecule has 0 saturated carbocycles. The van der Waals surface area contributed by atoms with Crippen LogP contribution in [0, 0.1) is 0 Å². The predicted octanol–water partition coefficient (Wildman–Crippen LogP) is -0.324. The highest BCUT2D eigenvalue weighted by Crippen LogP contribution is 2.11. The zero-order valence-corrected chi connectivity index (χ0v) is 17.3. The molecule has 6 nitrogen and oxygen atoms in total. The third kappa shape index (κ3) is 5.69. The minimum absolute atomic E-state index is 0. The molecular weight excluding hydrogens is 372 g/mol. The Kier molecular flexibility index (Phi) is 7.35. The second-order valence-corrected chi connectivity index (χ2v) is 6.63. The Hall–Kier alpha value is -3.12. The van der Waals surface area contributed by atoms with Gasteiger partial charge >= 0.3 is 0 Å². The quantitative estimate of drug-likeness (QED) is 0.423. The maximum absolute atomic E-state index is 4.44. The Balaban J connectivity index is 0.00000280. The van der Waals surface area contributed by atoms with Crippen LogP contribution in [0.2, 0.25) is 0 Å². The molecule has 28 heavy (non-hydrogen) atoms. The topological polar surface area (TPSA) is 40.0 Å². The van der Waals surface area contributed by atoms with Crippen LogP contribution in [0.4, 0.5) is 11.4 Å².